The Kier molecular flexibility index (Phi) is 7.44. The first-order valence-electron chi connectivity index (χ1n) is 3.86. The van der Waals surface area contributed by atoms with Gasteiger partial charge >= 0.3 is 5.97 Å². The summed E-state index contributed by atoms with van der Waals surface area (Å²) in [5.41, 5.74) is -0.160. The lowest BCUT2D eigenvalue weighted by molar-refractivity contribution is -0.144. The van der Waals surface area contributed by atoms with Gasteiger partial charge in [-0.1, -0.05) is 0 Å². The molecule has 0 heterocycles. The third-order valence-corrected chi connectivity index (χ3v) is 1.57. The topological polar surface area (TPSA) is 38.3 Å². The Morgan fingerprint density at radius 3 is 2.33 bits per heavy atom. The van der Waals surface area contributed by atoms with Crippen molar-refractivity contribution in [2.75, 3.05) is 13.7 Å². The van der Waals surface area contributed by atoms with E-state index in [0.29, 0.717) is 13.0 Å². The molecule has 1 N–H and O–H groups in total. The second-order valence-corrected chi connectivity index (χ2v) is 3.12. The van der Waals surface area contributed by atoms with E-state index in [9.17, 15) is 4.79 Å². The predicted molar refractivity (Wildman–Crippen MR) is 51.6 cm³/mol. The Hall–Kier alpha value is -0.280. The maximum absolute atomic E-state index is 11.0. The van der Waals surface area contributed by atoms with Crippen molar-refractivity contribution < 1.29 is 9.53 Å². The molecule has 0 aromatic carbocycles. The van der Waals surface area contributed by atoms with E-state index in [4.69, 9.17) is 4.74 Å². The molecule has 0 radical (unpaired) electrons. The van der Waals surface area contributed by atoms with E-state index >= 15 is 0 Å². The van der Waals surface area contributed by atoms with Crippen LogP contribution >= 0.6 is 12.4 Å². The zero-order valence-electron chi connectivity index (χ0n) is 8.14. The zero-order valence-corrected chi connectivity index (χ0v) is 8.96. The molecule has 0 aromatic heterocycles. The Morgan fingerprint density at radius 1 is 1.50 bits per heavy atom. The number of hydrogen-bond donors (Lipinski definition) is 1. The summed E-state index contributed by atoms with van der Waals surface area (Å²) in [6.45, 7) is 6.19. The number of hydrogen-bond acceptors (Lipinski definition) is 3. The number of carbonyl (C=O) groups excluding carboxylic acids is 1. The van der Waals surface area contributed by atoms with E-state index in [1.165, 1.54) is 0 Å². The van der Waals surface area contributed by atoms with Crippen molar-refractivity contribution in [1.82, 2.24) is 5.32 Å². The van der Waals surface area contributed by atoms with Crippen molar-refractivity contribution in [3.63, 3.8) is 0 Å². The third-order valence-electron chi connectivity index (χ3n) is 1.57. The molecule has 0 unspecified atom stereocenters. The van der Waals surface area contributed by atoms with Gasteiger partial charge in [-0.3, -0.25) is 4.79 Å². The fourth-order valence-electron chi connectivity index (χ4n) is 0.661. The lowest BCUT2D eigenvalue weighted by Gasteiger charge is -2.22. The molecule has 3 nitrogen and oxygen atoms in total. The van der Waals surface area contributed by atoms with E-state index in [-0.39, 0.29) is 23.9 Å². The predicted octanol–water partition coefficient (Wildman–Crippen LogP) is 1.36. The zero-order chi connectivity index (χ0) is 8.91. The Labute approximate surface area is 80.3 Å². The number of nitrogens with one attached hydrogen (secondary N) is 1. The summed E-state index contributed by atoms with van der Waals surface area (Å²) in [6, 6.07) is 0. The molecule has 4 heteroatoms. The number of carbonyl (C=O) groups is 1. The van der Waals surface area contributed by atoms with Crippen LogP contribution in [0.5, 0.6) is 0 Å². The van der Waals surface area contributed by atoms with Crippen molar-refractivity contribution in [1.29, 1.82) is 0 Å². The first-order valence-corrected chi connectivity index (χ1v) is 3.86. The van der Waals surface area contributed by atoms with Gasteiger partial charge in [-0.15, -0.1) is 12.4 Å². The van der Waals surface area contributed by atoms with E-state index in [1.807, 2.05) is 27.8 Å². The van der Waals surface area contributed by atoms with Gasteiger partial charge < -0.3 is 10.1 Å². The van der Waals surface area contributed by atoms with Crippen LogP contribution in [0.4, 0.5) is 0 Å². The van der Waals surface area contributed by atoms with Crippen LogP contribution in [0, 0.1) is 0 Å². The summed E-state index contributed by atoms with van der Waals surface area (Å²) in [5, 5.41) is 3.03. The van der Waals surface area contributed by atoms with Crippen LogP contribution in [0.1, 0.15) is 27.2 Å². The molecule has 0 fully saturated rings. The monoisotopic (exact) mass is 195 g/mol. The highest BCUT2D eigenvalue weighted by molar-refractivity contribution is 5.85. The standard InChI is InChI=1S/C8H17NO2.ClH/c1-5-11-7(10)6-8(2,3)9-4;/h9H,5-6H2,1-4H3;1H. The minimum Gasteiger partial charge on any atom is -0.466 e. The summed E-state index contributed by atoms with van der Waals surface area (Å²) in [7, 11) is 1.83. The molecule has 0 aromatic rings. The highest BCUT2D eigenvalue weighted by Gasteiger charge is 2.19. The lowest BCUT2D eigenvalue weighted by atomic mass is 10.0. The molecule has 0 bridgehead atoms. The molecular weight excluding hydrogens is 178 g/mol. The van der Waals surface area contributed by atoms with Gasteiger partial charge in [0.2, 0.25) is 0 Å². The fraction of sp³-hybridized carbons (Fsp3) is 0.875. The molecule has 0 saturated carbocycles. The SMILES string of the molecule is CCOC(=O)CC(C)(C)NC.Cl. The van der Waals surface area contributed by atoms with Crippen LogP contribution in [0.25, 0.3) is 0 Å². The number of ether oxygens (including phenoxy) is 1. The Balaban J connectivity index is 0. The summed E-state index contributed by atoms with van der Waals surface area (Å²) < 4.78 is 4.80. The summed E-state index contributed by atoms with van der Waals surface area (Å²) in [5.74, 6) is -0.146. The molecule has 0 aliphatic heterocycles. The van der Waals surface area contributed by atoms with Gasteiger partial charge in [-0.25, -0.2) is 0 Å². The first-order chi connectivity index (χ1) is 5.02. The molecule has 0 rings (SSSR count). The van der Waals surface area contributed by atoms with Crippen molar-refractivity contribution in [2.45, 2.75) is 32.7 Å². The van der Waals surface area contributed by atoms with E-state index in [2.05, 4.69) is 5.32 Å². The van der Waals surface area contributed by atoms with Crippen molar-refractivity contribution in [2.24, 2.45) is 0 Å². The number of esters is 1. The lowest BCUT2D eigenvalue weighted by Crippen LogP contribution is -2.38. The second-order valence-electron chi connectivity index (χ2n) is 3.12. The molecule has 0 aliphatic rings. The molecule has 0 saturated heterocycles. The van der Waals surface area contributed by atoms with E-state index < -0.39 is 0 Å². The molecule has 12 heavy (non-hydrogen) atoms. The first kappa shape index (κ1) is 14.3. The quantitative estimate of drug-likeness (QED) is 0.689. The molecule has 0 spiro atoms. The van der Waals surface area contributed by atoms with Crippen LogP contribution in [-0.2, 0) is 9.53 Å². The molecular formula is C8H18ClNO2. The smallest absolute Gasteiger partial charge is 0.307 e. The summed E-state index contributed by atoms with van der Waals surface area (Å²) in [4.78, 5) is 11.0. The van der Waals surface area contributed by atoms with Gasteiger partial charge in [-0.2, -0.15) is 0 Å². The highest BCUT2D eigenvalue weighted by Crippen LogP contribution is 2.07. The molecule has 0 atom stereocenters. The average molecular weight is 196 g/mol. The van der Waals surface area contributed by atoms with Gasteiger partial charge in [-0.05, 0) is 27.8 Å². The van der Waals surface area contributed by atoms with Gasteiger partial charge in [0.25, 0.3) is 0 Å². The van der Waals surface area contributed by atoms with Gasteiger partial charge in [0.1, 0.15) is 0 Å². The van der Waals surface area contributed by atoms with Gasteiger partial charge in [0.15, 0.2) is 0 Å². The summed E-state index contributed by atoms with van der Waals surface area (Å²) >= 11 is 0. The van der Waals surface area contributed by atoms with E-state index in [1.54, 1.807) is 0 Å². The average Bonchev–Trinajstić information content (AvgIpc) is 1.87. The Morgan fingerprint density at radius 2 is 2.00 bits per heavy atom. The van der Waals surface area contributed by atoms with Gasteiger partial charge in [0.05, 0.1) is 13.0 Å². The summed E-state index contributed by atoms with van der Waals surface area (Å²) in [6.07, 6.45) is 0.414. The van der Waals surface area contributed by atoms with E-state index in [0.717, 1.165) is 0 Å². The van der Waals surface area contributed by atoms with Gasteiger partial charge in [0, 0.05) is 5.54 Å². The van der Waals surface area contributed by atoms with Crippen molar-refractivity contribution in [3.05, 3.63) is 0 Å². The molecule has 0 aliphatic carbocycles. The highest BCUT2D eigenvalue weighted by atomic mass is 35.5. The van der Waals surface area contributed by atoms with Crippen LogP contribution in [0.2, 0.25) is 0 Å². The second kappa shape index (κ2) is 6.26. The van der Waals surface area contributed by atoms with Crippen LogP contribution in [0.3, 0.4) is 0 Å². The number of halogens is 1. The molecule has 0 amide bonds. The van der Waals surface area contributed by atoms with Crippen LogP contribution in [-0.4, -0.2) is 25.2 Å². The van der Waals surface area contributed by atoms with Crippen molar-refractivity contribution >= 4 is 18.4 Å². The fourth-order valence-corrected chi connectivity index (χ4v) is 0.661. The van der Waals surface area contributed by atoms with Crippen LogP contribution < -0.4 is 5.32 Å². The van der Waals surface area contributed by atoms with Crippen molar-refractivity contribution in [3.8, 4) is 0 Å². The molecule has 74 valence electrons. The normalized spacial score (nSPS) is 10.3. The largest absolute Gasteiger partial charge is 0.466 e. The minimum absolute atomic E-state index is 0. The third kappa shape index (κ3) is 6.43. The number of rotatable bonds is 4. The maximum atomic E-state index is 11.0. The van der Waals surface area contributed by atoms with Crippen LogP contribution in [0.15, 0.2) is 0 Å². The maximum Gasteiger partial charge on any atom is 0.307 e. The minimum atomic E-state index is -0.160. The Bertz CT molecular complexity index is 137.